The summed E-state index contributed by atoms with van der Waals surface area (Å²) < 4.78 is 4.59. The first-order valence-electron chi connectivity index (χ1n) is 4.41. The van der Waals surface area contributed by atoms with Crippen LogP contribution in [0.3, 0.4) is 0 Å². The second kappa shape index (κ2) is 5.61. The van der Waals surface area contributed by atoms with Crippen molar-refractivity contribution < 1.29 is 14.3 Å². The number of hydrogen-bond acceptors (Lipinski definition) is 3. The summed E-state index contributed by atoms with van der Waals surface area (Å²) in [7, 11) is 0. The monoisotopic (exact) mass is 202 g/mol. The van der Waals surface area contributed by atoms with Gasteiger partial charge in [0.15, 0.2) is 12.4 Å². The van der Waals surface area contributed by atoms with E-state index in [9.17, 15) is 9.59 Å². The molecule has 1 aromatic rings. The molecule has 0 radical (unpaired) electrons. The molecule has 1 aromatic carbocycles. The summed E-state index contributed by atoms with van der Waals surface area (Å²) in [6.07, 6.45) is 4.63. The molecule has 0 unspecified atom stereocenters. The first-order valence-corrected chi connectivity index (χ1v) is 4.41. The predicted molar refractivity (Wildman–Crippen MR) is 55.2 cm³/mol. The fraction of sp³-hybridized carbons (Fsp3) is 0.167. The van der Waals surface area contributed by atoms with Gasteiger partial charge in [0, 0.05) is 5.56 Å². The molecule has 1 rings (SSSR count). The Labute approximate surface area is 88.1 Å². The molecular weight excluding hydrogens is 192 g/mol. The van der Waals surface area contributed by atoms with Crippen molar-refractivity contribution in [3.05, 3.63) is 35.9 Å². The molecule has 0 aliphatic heterocycles. The molecule has 3 nitrogen and oxygen atoms in total. The molecule has 0 saturated carbocycles. The number of terminal acetylenes is 1. The highest BCUT2D eigenvalue weighted by Gasteiger charge is 2.11. The van der Waals surface area contributed by atoms with Gasteiger partial charge < -0.3 is 4.74 Å². The number of carbonyl (C=O) groups is 2. The van der Waals surface area contributed by atoms with E-state index in [0.717, 1.165) is 0 Å². The Morgan fingerprint density at radius 1 is 1.27 bits per heavy atom. The fourth-order valence-corrected chi connectivity index (χ4v) is 1.03. The van der Waals surface area contributed by atoms with Crippen LogP contribution in [0.4, 0.5) is 0 Å². The Morgan fingerprint density at radius 2 is 1.93 bits per heavy atom. The lowest BCUT2D eigenvalue weighted by Gasteiger charge is -2.00. The van der Waals surface area contributed by atoms with E-state index in [-0.39, 0.29) is 18.8 Å². The second-order valence-electron chi connectivity index (χ2n) is 2.83. The molecule has 0 bridgehead atoms. The van der Waals surface area contributed by atoms with Gasteiger partial charge in [-0.1, -0.05) is 36.3 Å². The van der Waals surface area contributed by atoms with Gasteiger partial charge in [-0.15, -0.1) is 6.42 Å². The van der Waals surface area contributed by atoms with E-state index < -0.39 is 5.97 Å². The zero-order chi connectivity index (χ0) is 11.1. The fourth-order valence-electron chi connectivity index (χ4n) is 1.03. The van der Waals surface area contributed by atoms with Gasteiger partial charge >= 0.3 is 5.97 Å². The summed E-state index contributed by atoms with van der Waals surface area (Å²) in [5.41, 5.74) is 0.496. The van der Waals surface area contributed by atoms with Crippen molar-refractivity contribution in [3.63, 3.8) is 0 Å². The Bertz CT molecular complexity index is 387. The Hall–Kier alpha value is -2.08. The van der Waals surface area contributed by atoms with Gasteiger partial charge in [-0.2, -0.15) is 0 Å². The maximum atomic E-state index is 11.5. The van der Waals surface area contributed by atoms with Gasteiger partial charge in [-0.25, -0.2) is 0 Å². The standard InChI is InChI=1S/C12H10O3/c1-2-8-15-12(14)9-11(13)10-6-4-3-5-7-10/h1,3-7H,8-9H2. The lowest BCUT2D eigenvalue weighted by atomic mass is 10.1. The third-order valence-corrected chi connectivity index (χ3v) is 1.72. The smallest absolute Gasteiger partial charge is 0.314 e. The van der Waals surface area contributed by atoms with Crippen LogP contribution in [0, 0.1) is 12.3 Å². The van der Waals surface area contributed by atoms with E-state index in [1.165, 1.54) is 0 Å². The van der Waals surface area contributed by atoms with E-state index in [1.54, 1.807) is 30.3 Å². The van der Waals surface area contributed by atoms with Crippen LogP contribution in [0.5, 0.6) is 0 Å². The molecular formula is C12H10O3. The largest absolute Gasteiger partial charge is 0.452 e. The minimum Gasteiger partial charge on any atom is -0.452 e. The average molecular weight is 202 g/mol. The Balaban J connectivity index is 2.50. The van der Waals surface area contributed by atoms with Crippen LogP contribution < -0.4 is 0 Å². The third kappa shape index (κ3) is 3.65. The van der Waals surface area contributed by atoms with Crippen LogP contribution in [0.15, 0.2) is 30.3 Å². The number of benzene rings is 1. The highest BCUT2D eigenvalue weighted by atomic mass is 16.5. The van der Waals surface area contributed by atoms with E-state index in [4.69, 9.17) is 6.42 Å². The molecule has 3 heteroatoms. The molecule has 76 valence electrons. The number of rotatable bonds is 4. The summed E-state index contributed by atoms with van der Waals surface area (Å²) in [5, 5.41) is 0. The van der Waals surface area contributed by atoms with Gasteiger partial charge in [0.05, 0.1) is 0 Å². The number of ketones is 1. The molecule has 0 N–H and O–H groups in total. The molecule has 0 fully saturated rings. The van der Waals surface area contributed by atoms with Crippen molar-refractivity contribution in [1.29, 1.82) is 0 Å². The number of hydrogen-bond donors (Lipinski definition) is 0. The summed E-state index contributed by atoms with van der Waals surface area (Å²) in [4.78, 5) is 22.5. The van der Waals surface area contributed by atoms with Gasteiger partial charge in [-0.05, 0) is 0 Å². The van der Waals surface area contributed by atoms with Gasteiger partial charge in [0.2, 0.25) is 0 Å². The molecule has 0 amide bonds. The minimum atomic E-state index is -0.596. The Morgan fingerprint density at radius 3 is 2.53 bits per heavy atom. The third-order valence-electron chi connectivity index (χ3n) is 1.72. The van der Waals surface area contributed by atoms with Crippen molar-refractivity contribution in [2.45, 2.75) is 6.42 Å². The second-order valence-corrected chi connectivity index (χ2v) is 2.83. The molecule has 0 spiro atoms. The number of ether oxygens (including phenoxy) is 1. The molecule has 0 aliphatic carbocycles. The van der Waals surface area contributed by atoms with Crippen molar-refractivity contribution in [2.75, 3.05) is 6.61 Å². The Kier molecular flexibility index (Phi) is 4.11. The van der Waals surface area contributed by atoms with Crippen LogP contribution in [-0.2, 0) is 9.53 Å². The van der Waals surface area contributed by atoms with E-state index in [0.29, 0.717) is 5.56 Å². The lowest BCUT2D eigenvalue weighted by molar-refractivity contribution is -0.141. The summed E-state index contributed by atoms with van der Waals surface area (Å²) >= 11 is 0. The van der Waals surface area contributed by atoms with Crippen molar-refractivity contribution in [3.8, 4) is 12.3 Å². The van der Waals surface area contributed by atoms with Crippen LogP contribution >= 0.6 is 0 Å². The van der Waals surface area contributed by atoms with Crippen LogP contribution in [-0.4, -0.2) is 18.4 Å². The number of Topliss-reactive ketones (excluding diaryl/α,β-unsaturated/α-hetero) is 1. The van der Waals surface area contributed by atoms with Crippen LogP contribution in [0.2, 0.25) is 0 Å². The summed E-state index contributed by atoms with van der Waals surface area (Å²) in [6, 6.07) is 8.57. The lowest BCUT2D eigenvalue weighted by Crippen LogP contribution is -2.11. The van der Waals surface area contributed by atoms with Gasteiger partial charge in [0.25, 0.3) is 0 Å². The SMILES string of the molecule is C#CCOC(=O)CC(=O)c1ccccc1. The molecule has 0 saturated heterocycles. The van der Waals surface area contributed by atoms with Crippen molar-refractivity contribution >= 4 is 11.8 Å². The van der Waals surface area contributed by atoms with Gasteiger partial charge in [-0.3, -0.25) is 9.59 Å². The van der Waals surface area contributed by atoms with Gasteiger partial charge in [0.1, 0.15) is 6.42 Å². The van der Waals surface area contributed by atoms with Crippen LogP contribution in [0.25, 0.3) is 0 Å². The maximum absolute atomic E-state index is 11.5. The highest BCUT2D eigenvalue weighted by molar-refractivity contribution is 6.05. The summed E-state index contributed by atoms with van der Waals surface area (Å²) in [5.74, 6) is 1.30. The number of carbonyl (C=O) groups excluding carboxylic acids is 2. The summed E-state index contributed by atoms with van der Waals surface area (Å²) in [6.45, 7) is -0.0963. The minimum absolute atomic E-state index is 0.0963. The van der Waals surface area contributed by atoms with Crippen LogP contribution in [0.1, 0.15) is 16.8 Å². The predicted octanol–water partition coefficient (Wildman–Crippen LogP) is 1.44. The average Bonchev–Trinajstić information content (AvgIpc) is 2.27. The first-order chi connectivity index (χ1) is 7.24. The molecule has 0 aliphatic rings. The van der Waals surface area contributed by atoms with E-state index in [2.05, 4.69) is 10.7 Å². The number of esters is 1. The zero-order valence-electron chi connectivity index (χ0n) is 8.10. The molecule has 0 aromatic heterocycles. The topological polar surface area (TPSA) is 43.4 Å². The van der Waals surface area contributed by atoms with Crippen molar-refractivity contribution in [1.82, 2.24) is 0 Å². The molecule has 0 heterocycles. The highest BCUT2D eigenvalue weighted by Crippen LogP contribution is 2.03. The zero-order valence-corrected chi connectivity index (χ0v) is 8.10. The quantitative estimate of drug-likeness (QED) is 0.321. The van der Waals surface area contributed by atoms with Crippen molar-refractivity contribution in [2.24, 2.45) is 0 Å². The normalized spacial score (nSPS) is 9.00. The first kappa shape index (κ1) is 11.0. The molecule has 0 atom stereocenters. The van der Waals surface area contributed by atoms with E-state index >= 15 is 0 Å². The van der Waals surface area contributed by atoms with E-state index in [1.807, 2.05) is 0 Å². The molecule has 15 heavy (non-hydrogen) atoms. The maximum Gasteiger partial charge on any atom is 0.314 e.